The average molecular weight is 2030 g/mol. The number of hydrogen-bond acceptors (Lipinski definition) is 37. The number of aryl methyl sites for hydroxylation is 3. The van der Waals surface area contributed by atoms with E-state index in [1.165, 1.54) is 57.9 Å². The van der Waals surface area contributed by atoms with Crippen LogP contribution in [0.15, 0.2) is 183 Å². The van der Waals surface area contributed by atoms with Gasteiger partial charge in [0.25, 0.3) is 17.7 Å². The molecule has 55 heteroatoms. The van der Waals surface area contributed by atoms with Gasteiger partial charge in [0.1, 0.15) is 36.4 Å². The number of anilines is 15. The van der Waals surface area contributed by atoms with Gasteiger partial charge in [0.15, 0.2) is 86.8 Å². The minimum atomic E-state index is -2.76. The summed E-state index contributed by atoms with van der Waals surface area (Å²) in [4.78, 5) is 96.3. The second-order valence-corrected chi connectivity index (χ2v) is 31.6. The fourth-order valence-electron chi connectivity index (χ4n) is 14.0. The van der Waals surface area contributed by atoms with Crippen LogP contribution in [0, 0.1) is 49.7 Å². The van der Waals surface area contributed by atoms with Gasteiger partial charge in [-0.3, -0.25) is 28.4 Å². The van der Waals surface area contributed by atoms with Crippen LogP contribution in [0.5, 0.6) is 17.2 Å². The first-order chi connectivity index (χ1) is 72.6. The number of pyridine rings is 5. The van der Waals surface area contributed by atoms with Crippen LogP contribution in [0.25, 0.3) is 34.2 Å². The van der Waals surface area contributed by atoms with Crippen LogP contribution < -0.4 is 82.1 Å². The minimum absolute atomic E-state index is 0.0134. The molecule has 0 spiro atoms. The zero-order chi connectivity index (χ0) is 111. The normalized spacial score (nSPS) is 14.4. The van der Waals surface area contributed by atoms with Crippen LogP contribution in [-0.2, 0) is 21.1 Å². The number of nitrogens with two attached hydrogens (primary N) is 1. The van der Waals surface area contributed by atoms with Crippen molar-refractivity contribution >= 4 is 127 Å². The van der Waals surface area contributed by atoms with Gasteiger partial charge in [0, 0.05) is 137 Å². The number of hydrogen-bond donors (Lipinski definition) is 9. The van der Waals surface area contributed by atoms with Crippen LogP contribution in [0.3, 0.4) is 0 Å². The zero-order valence-corrected chi connectivity index (χ0v) is 76.9. The molecular weight excluding hydrogens is 1930 g/mol. The lowest BCUT2D eigenvalue weighted by Crippen LogP contribution is -2.50. The van der Waals surface area contributed by atoms with Crippen molar-refractivity contribution in [1.29, 1.82) is 0 Å². The molecule has 4 saturated heterocycles. The van der Waals surface area contributed by atoms with Gasteiger partial charge in [-0.25, -0.2) is 69.4 Å². The van der Waals surface area contributed by atoms with Gasteiger partial charge in [0.2, 0.25) is 25.7 Å². The fourth-order valence-corrected chi connectivity index (χ4v) is 14.1. The number of nitrogen functional groups attached to an aromatic ring is 1. The third-order valence-electron chi connectivity index (χ3n) is 21.4. The largest absolute Gasteiger partial charge is 0.494 e. The van der Waals surface area contributed by atoms with Crippen molar-refractivity contribution in [2.24, 2.45) is 44.8 Å². The smallest absolute Gasteiger partial charge is 0.363 e. The molecule has 0 unspecified atom stereocenters. The molecule has 3 aromatic carbocycles. The Kier molecular flexibility index (Phi) is 30.4. The van der Waals surface area contributed by atoms with Gasteiger partial charge in [-0.2, -0.15) is 15.3 Å². The van der Waals surface area contributed by atoms with E-state index in [4.69, 9.17) is 43.9 Å². The highest BCUT2D eigenvalue weighted by Gasteiger charge is 2.38. The summed E-state index contributed by atoms with van der Waals surface area (Å²) in [5, 5.41) is 77.4. The third kappa shape index (κ3) is 26.3. The van der Waals surface area contributed by atoms with Gasteiger partial charge in [-0.1, -0.05) is 29.8 Å². The first kappa shape index (κ1) is 91.4. The molecule has 15 heterocycles. The van der Waals surface area contributed by atoms with Crippen molar-refractivity contribution in [3.8, 4) is 51.4 Å². The number of aromatic nitrogens is 20. The molecule has 4 aliphatic heterocycles. The summed E-state index contributed by atoms with van der Waals surface area (Å²) in [6, 6.07) is 34.9. The van der Waals surface area contributed by atoms with E-state index < -0.39 is 104 Å². The number of benzene rings is 3. The lowest BCUT2D eigenvalue weighted by atomic mass is 10.0. The number of nitro groups is 2. The minimum Gasteiger partial charge on any atom is -0.494 e. The van der Waals surface area contributed by atoms with Crippen LogP contribution in [0.2, 0.25) is 5.15 Å². The van der Waals surface area contributed by atoms with Gasteiger partial charge in [-0.05, 0) is 105 Å². The number of rotatable bonds is 29. The highest BCUT2D eigenvalue weighted by Crippen LogP contribution is 2.43. The van der Waals surface area contributed by atoms with Crippen molar-refractivity contribution in [3.63, 3.8) is 0 Å². The van der Waals surface area contributed by atoms with E-state index >= 15 is 0 Å². The summed E-state index contributed by atoms with van der Waals surface area (Å²) in [5.41, 5.74) is 11.0. The van der Waals surface area contributed by atoms with Gasteiger partial charge in [0.05, 0.1) is 137 Å². The zero-order valence-electron chi connectivity index (χ0n) is 85.2. The molecule has 14 aromatic rings. The summed E-state index contributed by atoms with van der Waals surface area (Å²) in [6.45, 7) is -5.81. The molecule has 0 radical (unpaired) electrons. The van der Waals surface area contributed by atoms with E-state index in [2.05, 4.69) is 112 Å². The molecule has 144 heavy (non-hydrogen) atoms. The molecule has 11 aromatic heterocycles. The quantitative estimate of drug-likeness (QED) is 0.0119. The maximum atomic E-state index is 12.8. The number of amides is 3. The monoisotopic (exact) mass is 2020 g/mol. The Morgan fingerprint density at radius 1 is 0.403 bits per heavy atom. The van der Waals surface area contributed by atoms with Crippen molar-refractivity contribution < 1.29 is 90.3 Å². The number of halogens is 10. The van der Waals surface area contributed by atoms with E-state index in [0.717, 1.165) is 24.0 Å². The van der Waals surface area contributed by atoms with E-state index in [0.29, 0.717) is 116 Å². The summed E-state index contributed by atoms with van der Waals surface area (Å²) in [6.07, 6.45) is 2.27. The van der Waals surface area contributed by atoms with Gasteiger partial charge >= 0.3 is 11.6 Å². The summed E-state index contributed by atoms with van der Waals surface area (Å²) in [5.74, 6) is -2.45. The van der Waals surface area contributed by atoms with E-state index in [1.54, 1.807) is 178 Å². The average Bonchev–Trinajstić information content (AvgIpc) is 1.79. The first-order valence-corrected chi connectivity index (χ1v) is 42.8. The van der Waals surface area contributed by atoms with Crippen molar-refractivity contribution in [1.82, 2.24) is 116 Å². The number of carbonyl (C=O) groups is 3. The number of alkyl halides is 8. The molecule has 45 nitrogen and oxygen atoms in total. The van der Waals surface area contributed by atoms with Crippen LogP contribution in [0.1, 0.15) is 43.8 Å². The van der Waals surface area contributed by atoms with Crippen molar-refractivity contribution in [3.05, 3.63) is 232 Å². The Morgan fingerprint density at radius 2 is 0.722 bits per heavy atom. The van der Waals surface area contributed by atoms with Crippen LogP contribution in [0.4, 0.5) is 137 Å². The first-order valence-electron chi connectivity index (χ1n) is 47.0. The predicted octanol–water partition coefficient (Wildman–Crippen LogP) is 12.7. The molecule has 0 saturated carbocycles. The predicted molar refractivity (Wildman–Crippen MR) is 512 cm³/mol. The van der Waals surface area contributed by atoms with E-state index in [9.17, 15) is 74.1 Å². The Morgan fingerprint density at radius 3 is 1.00 bits per heavy atom. The Hall–Kier alpha value is -17.7. The van der Waals surface area contributed by atoms with Crippen molar-refractivity contribution in [2.75, 3.05) is 147 Å². The number of carbonyl (C=O) groups excluding carboxylic acids is 3. The van der Waals surface area contributed by atoms with Crippen LogP contribution >= 0.6 is 11.6 Å². The molecule has 3 amide bonds. The SMILES string of the molecule is Nc1ccc(N2CC(C(F)F)C2)cn1.O=[N+]([O-])c1ccc(F)cn1.O=[N+]([O-])c1ccc(N2CC(C(F)F)C2)cn1.[2H]C([2H])([2H])NC(=O)c1nnc(Cl)cc1Nc1cccc(-c2ncn(C)n2)c1OC.[2H]C([2H])([2H])NC(=O)c1nnc(Nc2ccc(N3CC(C(F)F)C3)cn2)cc1Nc1cccc(-c2ncn(C)n2)c1OC.[2H]C([2H])([2H])NC(=O)c1nnc(Nc2ccc(N3CC(C(F)F)C3)cn2)cc1Nc1cccc(-c2ncn(C)n2)c1OC. The molecular formula is C89H91ClF9N35O10. The number of nitrogens with one attached hydrogen (secondary N) is 8. The molecule has 18 rings (SSSR count). The number of methoxy groups -OCH3 is 3. The highest BCUT2D eigenvalue weighted by atomic mass is 35.5. The summed E-state index contributed by atoms with van der Waals surface area (Å²) in [7, 11) is 9.62. The number of para-hydroxylation sites is 3. The standard InChI is InChI=1S/2C25H26F2N10O2.C16H16ClN7O2.C9H9F2N3O2.C9H11F2N3.C5H3FN2O2/c2*1-28-25(38)21-18(31-17-6-4-5-16(22(17)39-3)24-30-13-36(2)35-24)9-20(33-34-21)32-19-8-7-15(10-29-19)37-11-14(12-37)23(26)27;1-18-16(25)13-11(7-12(17)21-22-13)20-10-6-4-5-9(14(10)26-3)15-19-8-24(2)23-15;10-9(11)6-4-13(5-6)7-1-2-8(12-3-7)14(15)16;10-9(11)6-4-14(5-6)7-1-2-8(12)13-3-7;6-4-1-2-5(7-3-4)8(9)10/h2*4-10,13-14,23H,11-12H2,1-3H3,(H,28,38)(H2,29,31,32,33);4-8H,1-3H3,(H,18,25)(H,20,21);1-3,6,9H,4-5H2;1-3,6,9H,4-5H2,(H2,12,13);1-3H/i3*1D3;;;. The van der Waals surface area contributed by atoms with Crippen LogP contribution in [-0.4, -0.2) is 248 Å². The molecule has 0 atom stereocenters. The number of nitrogens with zero attached hydrogens (tertiary/aromatic N) is 26. The maximum Gasteiger partial charge on any atom is 0.363 e. The highest BCUT2D eigenvalue weighted by molar-refractivity contribution is 6.29. The molecule has 0 bridgehead atoms. The lowest BCUT2D eigenvalue weighted by molar-refractivity contribution is -0.389. The molecule has 0 aliphatic carbocycles. The Bertz CT molecular complexity index is 6900. The number of ether oxygens (including phenoxy) is 3. The Balaban J connectivity index is 0.000000163. The molecule has 4 fully saturated rings. The molecule has 752 valence electrons. The molecule has 10 N–H and O–H groups in total. The van der Waals surface area contributed by atoms with E-state index in [1.807, 2.05) is 20.9 Å². The summed E-state index contributed by atoms with van der Waals surface area (Å²) >= 11 is 5.91. The lowest BCUT2D eigenvalue weighted by Gasteiger charge is -2.40. The van der Waals surface area contributed by atoms with Crippen molar-refractivity contribution in [2.45, 2.75) is 25.7 Å². The van der Waals surface area contributed by atoms with Gasteiger partial charge < -0.3 is 102 Å². The fraction of sp³-hybridized carbons (Fsp3) is 0.281. The summed E-state index contributed by atoms with van der Waals surface area (Å²) < 4.78 is 200. The maximum absolute atomic E-state index is 12.8. The second kappa shape index (κ2) is 47.8. The van der Waals surface area contributed by atoms with Gasteiger partial charge in [-0.15, -0.1) is 30.6 Å². The second-order valence-electron chi connectivity index (χ2n) is 31.3. The van der Waals surface area contributed by atoms with E-state index in [-0.39, 0.29) is 102 Å². The Labute approximate surface area is 830 Å². The molecule has 4 aliphatic rings. The topological polar surface area (TPSA) is 534 Å². The third-order valence-corrected chi connectivity index (χ3v) is 21.6.